The molecule has 0 aromatic heterocycles. The van der Waals surface area contributed by atoms with Gasteiger partial charge in [0.2, 0.25) is 0 Å². The molecule has 4 atom stereocenters. The van der Waals surface area contributed by atoms with Gasteiger partial charge in [0.1, 0.15) is 5.60 Å². The molecule has 2 bridgehead atoms. The minimum atomic E-state index is -0.433. The van der Waals surface area contributed by atoms with E-state index in [2.05, 4.69) is 0 Å². The molecule has 2 fully saturated rings. The molecule has 3 heteroatoms. The van der Waals surface area contributed by atoms with Crippen LogP contribution in [0.5, 0.6) is 0 Å². The second-order valence-corrected chi connectivity index (χ2v) is 5.62. The molecule has 2 rings (SSSR count). The highest BCUT2D eigenvalue weighted by Gasteiger charge is 2.50. The Hall–Kier alpha value is -0.570. The van der Waals surface area contributed by atoms with Gasteiger partial charge in [-0.25, -0.2) is 0 Å². The lowest BCUT2D eigenvalue weighted by Crippen LogP contribution is -2.53. The van der Waals surface area contributed by atoms with Crippen LogP contribution < -0.4 is 0 Å². The van der Waals surface area contributed by atoms with E-state index >= 15 is 0 Å². The highest BCUT2D eigenvalue weighted by atomic mass is 16.6. The number of rotatable bonds is 2. The number of esters is 1. The van der Waals surface area contributed by atoms with Crippen LogP contribution in [0.25, 0.3) is 0 Å². The Labute approximate surface area is 97.2 Å². The second kappa shape index (κ2) is 4.36. The largest absolute Gasteiger partial charge is 0.459 e. The molecule has 0 aliphatic heterocycles. The quantitative estimate of drug-likeness (QED) is 0.734. The zero-order chi connectivity index (χ0) is 11.8. The number of aliphatic hydroxyl groups is 1. The minimum Gasteiger partial charge on any atom is -0.459 e. The number of ether oxygens (including phenoxy) is 1. The summed E-state index contributed by atoms with van der Waals surface area (Å²) in [6, 6.07) is 0. The summed E-state index contributed by atoms with van der Waals surface area (Å²) in [5.41, 5.74) is -0.433. The first-order valence-corrected chi connectivity index (χ1v) is 6.36. The smallest absolute Gasteiger partial charge is 0.303 e. The van der Waals surface area contributed by atoms with Crippen molar-refractivity contribution in [1.29, 1.82) is 0 Å². The molecule has 2 saturated carbocycles. The van der Waals surface area contributed by atoms with Crippen molar-refractivity contribution in [2.75, 3.05) is 6.61 Å². The van der Waals surface area contributed by atoms with E-state index in [-0.39, 0.29) is 18.5 Å². The lowest BCUT2D eigenvalue weighted by molar-refractivity contribution is -0.185. The molecule has 2 aliphatic rings. The molecule has 0 aromatic rings. The zero-order valence-corrected chi connectivity index (χ0v) is 10.2. The van der Waals surface area contributed by atoms with Crippen LogP contribution >= 0.6 is 0 Å². The van der Waals surface area contributed by atoms with Crippen molar-refractivity contribution in [3.63, 3.8) is 0 Å². The first-order chi connectivity index (χ1) is 7.56. The van der Waals surface area contributed by atoms with Crippen molar-refractivity contribution in [2.45, 2.75) is 51.6 Å². The molecule has 92 valence electrons. The maximum atomic E-state index is 11.2. The summed E-state index contributed by atoms with van der Waals surface area (Å²) in [6.45, 7) is 3.62. The standard InChI is InChI=1S/C13H22O3/c1-9(15)16-13(2)11-5-3-4-10(6-11)7-12(13)8-14/h10-12,14H,3-8H2,1-2H3. The molecule has 0 aromatic carbocycles. The van der Waals surface area contributed by atoms with E-state index in [1.807, 2.05) is 6.92 Å². The van der Waals surface area contributed by atoms with Gasteiger partial charge in [-0.15, -0.1) is 0 Å². The van der Waals surface area contributed by atoms with Gasteiger partial charge in [0, 0.05) is 19.4 Å². The summed E-state index contributed by atoms with van der Waals surface area (Å²) in [6.07, 6.45) is 5.83. The fraction of sp³-hybridized carbons (Fsp3) is 0.923. The number of carbonyl (C=O) groups excluding carboxylic acids is 1. The van der Waals surface area contributed by atoms with E-state index in [0.717, 1.165) is 18.8 Å². The topological polar surface area (TPSA) is 46.5 Å². The van der Waals surface area contributed by atoms with Crippen LogP contribution in [-0.2, 0) is 9.53 Å². The lowest BCUT2D eigenvalue weighted by atomic mass is 9.60. The molecule has 0 radical (unpaired) electrons. The van der Waals surface area contributed by atoms with E-state index in [4.69, 9.17) is 4.74 Å². The number of hydrogen-bond donors (Lipinski definition) is 1. The van der Waals surface area contributed by atoms with Crippen molar-refractivity contribution in [3.05, 3.63) is 0 Å². The van der Waals surface area contributed by atoms with E-state index in [1.165, 1.54) is 26.2 Å². The average Bonchev–Trinajstić information content (AvgIpc) is 2.23. The van der Waals surface area contributed by atoms with Gasteiger partial charge < -0.3 is 9.84 Å². The van der Waals surface area contributed by atoms with Gasteiger partial charge in [-0.3, -0.25) is 4.79 Å². The molecule has 16 heavy (non-hydrogen) atoms. The second-order valence-electron chi connectivity index (χ2n) is 5.62. The molecule has 0 amide bonds. The Morgan fingerprint density at radius 3 is 2.81 bits per heavy atom. The summed E-state index contributed by atoms with van der Waals surface area (Å²) in [5.74, 6) is 1.09. The Morgan fingerprint density at radius 2 is 2.19 bits per heavy atom. The Bertz CT molecular complexity index is 272. The Balaban J connectivity index is 2.20. The third-order valence-corrected chi connectivity index (χ3v) is 4.61. The fourth-order valence-electron chi connectivity index (χ4n) is 3.73. The average molecular weight is 226 g/mol. The predicted octanol–water partition coefficient (Wildman–Crippen LogP) is 2.13. The zero-order valence-electron chi connectivity index (χ0n) is 10.2. The SMILES string of the molecule is CC(=O)OC1(C)C(CO)CC2CCCC1C2. The third kappa shape index (κ3) is 1.97. The van der Waals surface area contributed by atoms with Crippen LogP contribution in [0.3, 0.4) is 0 Å². The lowest BCUT2D eigenvalue weighted by Gasteiger charge is -2.51. The molecule has 0 heterocycles. The van der Waals surface area contributed by atoms with Crippen LogP contribution in [0.4, 0.5) is 0 Å². The van der Waals surface area contributed by atoms with Crippen molar-refractivity contribution < 1.29 is 14.6 Å². The van der Waals surface area contributed by atoms with Crippen LogP contribution in [0, 0.1) is 17.8 Å². The van der Waals surface area contributed by atoms with Crippen molar-refractivity contribution in [2.24, 2.45) is 17.8 Å². The van der Waals surface area contributed by atoms with E-state index in [0.29, 0.717) is 5.92 Å². The molecule has 3 nitrogen and oxygen atoms in total. The maximum absolute atomic E-state index is 11.2. The van der Waals surface area contributed by atoms with Gasteiger partial charge >= 0.3 is 5.97 Å². The molecular weight excluding hydrogens is 204 g/mol. The van der Waals surface area contributed by atoms with Gasteiger partial charge in [-0.2, -0.15) is 0 Å². The third-order valence-electron chi connectivity index (χ3n) is 4.61. The van der Waals surface area contributed by atoms with Crippen LogP contribution in [0.1, 0.15) is 46.0 Å². The number of carbonyl (C=O) groups is 1. The van der Waals surface area contributed by atoms with Gasteiger partial charge in [-0.05, 0) is 38.0 Å². The molecule has 4 unspecified atom stereocenters. The van der Waals surface area contributed by atoms with E-state index in [1.54, 1.807) is 0 Å². The first kappa shape index (κ1) is 11.9. The molecule has 2 aliphatic carbocycles. The summed E-state index contributed by atoms with van der Waals surface area (Å²) in [4.78, 5) is 11.2. The number of fused-ring (bicyclic) bond motifs is 2. The molecule has 1 N–H and O–H groups in total. The number of aliphatic hydroxyl groups excluding tert-OH is 1. The maximum Gasteiger partial charge on any atom is 0.303 e. The predicted molar refractivity (Wildman–Crippen MR) is 60.8 cm³/mol. The van der Waals surface area contributed by atoms with Crippen LogP contribution in [0.15, 0.2) is 0 Å². The van der Waals surface area contributed by atoms with E-state index < -0.39 is 5.60 Å². The fourth-order valence-corrected chi connectivity index (χ4v) is 3.73. The molecular formula is C13H22O3. The van der Waals surface area contributed by atoms with Gasteiger partial charge in [0.25, 0.3) is 0 Å². The minimum absolute atomic E-state index is 0.125. The monoisotopic (exact) mass is 226 g/mol. The van der Waals surface area contributed by atoms with Crippen LogP contribution in [0.2, 0.25) is 0 Å². The number of hydrogen-bond acceptors (Lipinski definition) is 3. The summed E-state index contributed by atoms with van der Waals surface area (Å²) >= 11 is 0. The molecule has 0 saturated heterocycles. The normalized spacial score (nSPS) is 42.8. The molecule has 0 spiro atoms. The summed E-state index contributed by atoms with van der Waals surface area (Å²) in [7, 11) is 0. The summed E-state index contributed by atoms with van der Waals surface area (Å²) < 4.78 is 5.57. The van der Waals surface area contributed by atoms with Gasteiger partial charge in [-0.1, -0.05) is 12.8 Å². The Kier molecular flexibility index (Phi) is 3.24. The summed E-state index contributed by atoms with van der Waals surface area (Å²) in [5, 5.41) is 9.50. The first-order valence-electron chi connectivity index (χ1n) is 6.36. The van der Waals surface area contributed by atoms with Crippen LogP contribution in [-0.4, -0.2) is 23.3 Å². The van der Waals surface area contributed by atoms with Crippen molar-refractivity contribution in [3.8, 4) is 0 Å². The van der Waals surface area contributed by atoms with Gasteiger partial charge in [0.05, 0.1) is 0 Å². The van der Waals surface area contributed by atoms with E-state index in [9.17, 15) is 9.90 Å². The highest BCUT2D eigenvalue weighted by Crippen LogP contribution is 2.49. The highest BCUT2D eigenvalue weighted by molar-refractivity contribution is 5.66. The van der Waals surface area contributed by atoms with Crippen molar-refractivity contribution in [1.82, 2.24) is 0 Å². The van der Waals surface area contributed by atoms with Crippen molar-refractivity contribution >= 4 is 5.97 Å². The van der Waals surface area contributed by atoms with Gasteiger partial charge in [0.15, 0.2) is 0 Å². The Morgan fingerprint density at radius 1 is 1.44 bits per heavy atom.